The van der Waals surface area contributed by atoms with Crippen LogP contribution in [0.1, 0.15) is 96.8 Å². The summed E-state index contributed by atoms with van der Waals surface area (Å²) in [4.78, 5) is 22.1. The summed E-state index contributed by atoms with van der Waals surface area (Å²) in [5.41, 5.74) is 0. The number of amides is 1. The fourth-order valence-electron chi connectivity index (χ4n) is 2.83. The van der Waals surface area contributed by atoms with Crippen molar-refractivity contribution in [3.8, 4) is 0 Å². The fraction of sp³-hybridized carbons (Fsp3) is 0.895. The standard InChI is InChI=1S/C19H37NO2/c1-3-4-5-6-7-8-9-10-11-12-13-14-15-16-18(17-21)19(22)20-2/h17-18H,3-16H2,1-2H3,(H,20,22). The van der Waals surface area contributed by atoms with Crippen molar-refractivity contribution in [2.75, 3.05) is 7.05 Å². The van der Waals surface area contributed by atoms with Crippen molar-refractivity contribution in [1.29, 1.82) is 0 Å². The Kier molecular flexibility index (Phi) is 15.9. The largest absolute Gasteiger partial charge is 0.359 e. The van der Waals surface area contributed by atoms with Crippen LogP contribution < -0.4 is 5.32 Å². The molecule has 0 aliphatic carbocycles. The molecule has 0 saturated carbocycles. The van der Waals surface area contributed by atoms with Crippen LogP contribution in [0, 0.1) is 5.92 Å². The third-order valence-electron chi connectivity index (χ3n) is 4.37. The third-order valence-corrected chi connectivity index (χ3v) is 4.37. The SMILES string of the molecule is CCCCCCCCCCCCCCCC(C=O)C(=O)NC. The molecular weight excluding hydrogens is 274 g/mol. The lowest BCUT2D eigenvalue weighted by atomic mass is 10.00. The molecule has 0 radical (unpaired) electrons. The van der Waals surface area contributed by atoms with Crippen LogP contribution in [0.15, 0.2) is 0 Å². The zero-order chi connectivity index (χ0) is 16.5. The molecule has 3 nitrogen and oxygen atoms in total. The Morgan fingerprint density at radius 1 is 0.818 bits per heavy atom. The van der Waals surface area contributed by atoms with Crippen molar-refractivity contribution in [2.24, 2.45) is 5.92 Å². The van der Waals surface area contributed by atoms with Gasteiger partial charge in [0.2, 0.25) is 5.91 Å². The van der Waals surface area contributed by atoms with E-state index in [1.165, 1.54) is 70.6 Å². The summed E-state index contributed by atoms with van der Waals surface area (Å²) in [6.07, 6.45) is 18.6. The molecule has 1 unspecified atom stereocenters. The number of aldehydes is 1. The quantitative estimate of drug-likeness (QED) is 0.247. The predicted octanol–water partition coefficient (Wildman–Crippen LogP) is 5.03. The van der Waals surface area contributed by atoms with E-state index >= 15 is 0 Å². The molecule has 0 heterocycles. The summed E-state index contributed by atoms with van der Waals surface area (Å²) in [5, 5.41) is 2.54. The molecular formula is C19H37NO2. The van der Waals surface area contributed by atoms with E-state index in [0.717, 1.165) is 19.1 Å². The van der Waals surface area contributed by atoms with Gasteiger partial charge in [0, 0.05) is 7.05 Å². The second-order valence-electron chi connectivity index (χ2n) is 6.39. The van der Waals surface area contributed by atoms with Crippen LogP contribution >= 0.6 is 0 Å². The molecule has 0 fully saturated rings. The summed E-state index contributed by atoms with van der Waals surface area (Å²) < 4.78 is 0. The number of unbranched alkanes of at least 4 members (excludes halogenated alkanes) is 12. The average Bonchev–Trinajstić information content (AvgIpc) is 2.54. The molecule has 0 aromatic rings. The highest BCUT2D eigenvalue weighted by Gasteiger charge is 2.14. The lowest BCUT2D eigenvalue weighted by Crippen LogP contribution is -2.28. The van der Waals surface area contributed by atoms with Gasteiger partial charge in [-0.15, -0.1) is 0 Å². The maximum atomic E-state index is 11.4. The van der Waals surface area contributed by atoms with E-state index in [1.54, 1.807) is 7.05 Å². The zero-order valence-electron chi connectivity index (χ0n) is 14.9. The lowest BCUT2D eigenvalue weighted by molar-refractivity contribution is -0.128. The van der Waals surface area contributed by atoms with Gasteiger partial charge in [0.25, 0.3) is 0 Å². The maximum Gasteiger partial charge on any atom is 0.230 e. The Morgan fingerprint density at radius 2 is 1.23 bits per heavy atom. The van der Waals surface area contributed by atoms with Gasteiger partial charge >= 0.3 is 0 Å². The fourth-order valence-corrected chi connectivity index (χ4v) is 2.83. The predicted molar refractivity (Wildman–Crippen MR) is 93.9 cm³/mol. The molecule has 0 rings (SSSR count). The minimum absolute atomic E-state index is 0.145. The minimum atomic E-state index is -0.447. The van der Waals surface area contributed by atoms with Crippen LogP contribution in [-0.2, 0) is 9.59 Å². The van der Waals surface area contributed by atoms with Crippen molar-refractivity contribution in [2.45, 2.75) is 96.8 Å². The van der Waals surface area contributed by atoms with E-state index in [2.05, 4.69) is 12.2 Å². The van der Waals surface area contributed by atoms with E-state index < -0.39 is 5.92 Å². The molecule has 0 bridgehead atoms. The first-order chi connectivity index (χ1) is 10.8. The zero-order valence-corrected chi connectivity index (χ0v) is 14.9. The van der Waals surface area contributed by atoms with Crippen LogP contribution in [0.5, 0.6) is 0 Å². The summed E-state index contributed by atoms with van der Waals surface area (Å²) in [6, 6.07) is 0. The first-order valence-corrected chi connectivity index (χ1v) is 9.43. The van der Waals surface area contributed by atoms with E-state index in [9.17, 15) is 9.59 Å². The highest BCUT2D eigenvalue weighted by atomic mass is 16.2. The van der Waals surface area contributed by atoms with Gasteiger partial charge in [0.15, 0.2) is 0 Å². The van der Waals surface area contributed by atoms with E-state index in [4.69, 9.17) is 0 Å². The molecule has 0 aliphatic heterocycles. The molecule has 1 atom stereocenters. The lowest BCUT2D eigenvalue weighted by Gasteiger charge is -2.08. The molecule has 3 heteroatoms. The summed E-state index contributed by atoms with van der Waals surface area (Å²) in [5.74, 6) is -0.591. The normalized spacial score (nSPS) is 12.1. The average molecular weight is 312 g/mol. The number of carbonyl (C=O) groups is 2. The van der Waals surface area contributed by atoms with Gasteiger partial charge in [-0.2, -0.15) is 0 Å². The summed E-state index contributed by atoms with van der Waals surface area (Å²) in [6.45, 7) is 2.26. The number of rotatable bonds is 16. The van der Waals surface area contributed by atoms with Gasteiger partial charge in [-0.05, 0) is 6.42 Å². The van der Waals surface area contributed by atoms with Gasteiger partial charge < -0.3 is 10.1 Å². The van der Waals surface area contributed by atoms with E-state index in [1.807, 2.05) is 0 Å². The molecule has 0 spiro atoms. The van der Waals surface area contributed by atoms with Gasteiger partial charge in [0.1, 0.15) is 6.29 Å². The van der Waals surface area contributed by atoms with Crippen LogP contribution in [-0.4, -0.2) is 19.2 Å². The Bertz CT molecular complexity index is 266. The monoisotopic (exact) mass is 311 g/mol. The second-order valence-corrected chi connectivity index (χ2v) is 6.39. The van der Waals surface area contributed by atoms with Crippen molar-refractivity contribution >= 4 is 12.2 Å². The molecule has 0 saturated heterocycles. The van der Waals surface area contributed by atoms with E-state index in [-0.39, 0.29) is 5.91 Å². The molecule has 22 heavy (non-hydrogen) atoms. The first kappa shape index (κ1) is 21.1. The first-order valence-electron chi connectivity index (χ1n) is 9.43. The van der Waals surface area contributed by atoms with Gasteiger partial charge in [0.05, 0.1) is 5.92 Å². The smallest absolute Gasteiger partial charge is 0.230 e. The molecule has 1 amide bonds. The minimum Gasteiger partial charge on any atom is -0.359 e. The molecule has 0 aromatic carbocycles. The number of hydrogen-bond acceptors (Lipinski definition) is 2. The number of nitrogens with one attached hydrogen (secondary N) is 1. The maximum absolute atomic E-state index is 11.4. The van der Waals surface area contributed by atoms with Crippen molar-refractivity contribution in [3.63, 3.8) is 0 Å². The van der Waals surface area contributed by atoms with Gasteiger partial charge in [-0.1, -0.05) is 90.4 Å². The third kappa shape index (κ3) is 12.8. The Morgan fingerprint density at radius 3 is 1.59 bits per heavy atom. The van der Waals surface area contributed by atoms with Crippen LogP contribution in [0.2, 0.25) is 0 Å². The summed E-state index contributed by atoms with van der Waals surface area (Å²) in [7, 11) is 1.59. The van der Waals surface area contributed by atoms with Crippen molar-refractivity contribution in [3.05, 3.63) is 0 Å². The van der Waals surface area contributed by atoms with E-state index in [0.29, 0.717) is 6.42 Å². The molecule has 1 N–H and O–H groups in total. The highest BCUT2D eigenvalue weighted by molar-refractivity contribution is 5.91. The molecule has 0 aliphatic rings. The second kappa shape index (κ2) is 16.5. The van der Waals surface area contributed by atoms with Crippen molar-refractivity contribution in [1.82, 2.24) is 5.32 Å². The summed E-state index contributed by atoms with van der Waals surface area (Å²) >= 11 is 0. The van der Waals surface area contributed by atoms with Gasteiger partial charge in [-0.3, -0.25) is 4.79 Å². The van der Waals surface area contributed by atoms with Crippen LogP contribution in [0.3, 0.4) is 0 Å². The van der Waals surface area contributed by atoms with Crippen LogP contribution in [0.25, 0.3) is 0 Å². The Balaban J connectivity index is 3.23. The Labute approximate surface area is 137 Å². The molecule has 130 valence electrons. The van der Waals surface area contributed by atoms with Gasteiger partial charge in [-0.25, -0.2) is 0 Å². The van der Waals surface area contributed by atoms with Crippen LogP contribution in [0.4, 0.5) is 0 Å². The highest BCUT2D eigenvalue weighted by Crippen LogP contribution is 2.14. The topological polar surface area (TPSA) is 46.2 Å². The van der Waals surface area contributed by atoms with Crippen molar-refractivity contribution < 1.29 is 9.59 Å². The molecule has 0 aromatic heterocycles. The number of hydrogen-bond donors (Lipinski definition) is 1. The number of carbonyl (C=O) groups excluding carboxylic acids is 2. The Hall–Kier alpha value is -0.860.